The van der Waals surface area contributed by atoms with E-state index in [-0.39, 0.29) is 29.7 Å². The van der Waals surface area contributed by atoms with E-state index in [0.29, 0.717) is 5.56 Å². The molecule has 1 amide bonds. The normalized spacial score (nSPS) is 15.6. The summed E-state index contributed by atoms with van der Waals surface area (Å²) in [4.78, 5) is 13.8. The number of nitrogens with one attached hydrogen (secondary N) is 1. The first-order valence-electron chi connectivity index (χ1n) is 8.45. The molecule has 0 saturated heterocycles. The van der Waals surface area contributed by atoms with Gasteiger partial charge in [-0.2, -0.15) is 8.42 Å². The number of carbonyl (C=O) groups is 1. The Kier molecular flexibility index (Phi) is 5.29. The Morgan fingerprint density at radius 1 is 1.19 bits per heavy atom. The second-order valence-corrected chi connectivity index (χ2v) is 8.05. The molecule has 1 atom stereocenters. The molecule has 2 aromatic carbocycles. The van der Waals surface area contributed by atoms with E-state index in [2.05, 4.69) is 9.71 Å². The van der Waals surface area contributed by atoms with Crippen molar-refractivity contribution in [2.75, 3.05) is 20.1 Å². The van der Waals surface area contributed by atoms with Gasteiger partial charge >= 0.3 is 0 Å². The maximum atomic E-state index is 12.2. The second-order valence-electron chi connectivity index (χ2n) is 6.47. The van der Waals surface area contributed by atoms with E-state index >= 15 is 0 Å². The van der Waals surface area contributed by atoms with Crippen molar-refractivity contribution >= 4 is 21.8 Å². The SMILES string of the molecule is Cc1ccc([C@@H](O)CNC(=O)CN(C)C2=NS(=O)(=O)c3ccccc32)cc1. The molecule has 7 nitrogen and oxygen atoms in total. The summed E-state index contributed by atoms with van der Waals surface area (Å²) >= 11 is 0. The van der Waals surface area contributed by atoms with Crippen LogP contribution < -0.4 is 5.32 Å². The van der Waals surface area contributed by atoms with Crippen molar-refractivity contribution in [3.63, 3.8) is 0 Å². The highest BCUT2D eigenvalue weighted by molar-refractivity contribution is 7.90. The fourth-order valence-electron chi connectivity index (χ4n) is 2.83. The standard InChI is InChI=1S/C19H21N3O4S/c1-13-7-9-14(10-8-13)16(23)11-20-18(24)12-22(2)19-15-5-3-4-6-17(15)27(25,26)21-19/h3-10,16,23H,11-12H2,1-2H3,(H,20,24)/t16-/m0/s1. The number of sulfonamides is 1. The maximum absolute atomic E-state index is 12.2. The molecule has 0 spiro atoms. The van der Waals surface area contributed by atoms with Gasteiger partial charge < -0.3 is 15.3 Å². The van der Waals surface area contributed by atoms with Gasteiger partial charge in [0.05, 0.1) is 12.6 Å². The van der Waals surface area contributed by atoms with Crippen molar-refractivity contribution in [1.82, 2.24) is 10.2 Å². The van der Waals surface area contributed by atoms with Crippen molar-refractivity contribution in [1.29, 1.82) is 0 Å². The number of amidine groups is 1. The lowest BCUT2D eigenvalue weighted by molar-refractivity contribution is -0.121. The average molecular weight is 387 g/mol. The molecule has 0 saturated carbocycles. The summed E-state index contributed by atoms with van der Waals surface area (Å²) in [5.74, 6) is -0.104. The number of aliphatic hydroxyl groups excluding tert-OH is 1. The van der Waals surface area contributed by atoms with Gasteiger partial charge in [-0.15, -0.1) is 4.40 Å². The van der Waals surface area contributed by atoms with Gasteiger partial charge in [-0.3, -0.25) is 4.79 Å². The van der Waals surface area contributed by atoms with Crippen molar-refractivity contribution in [2.45, 2.75) is 17.9 Å². The minimum absolute atomic E-state index is 0.0666. The van der Waals surface area contributed by atoms with Gasteiger partial charge in [0, 0.05) is 19.2 Å². The molecule has 2 aromatic rings. The molecule has 0 aliphatic carbocycles. The first-order valence-corrected chi connectivity index (χ1v) is 9.89. The zero-order chi connectivity index (χ0) is 19.6. The molecule has 1 aliphatic rings. The Hall–Kier alpha value is -2.71. The van der Waals surface area contributed by atoms with Crippen LogP contribution in [-0.2, 0) is 14.8 Å². The zero-order valence-electron chi connectivity index (χ0n) is 15.1. The predicted molar refractivity (Wildman–Crippen MR) is 102 cm³/mol. The number of fused-ring (bicyclic) bond motifs is 1. The number of rotatable bonds is 5. The van der Waals surface area contributed by atoms with Crippen LogP contribution in [0.3, 0.4) is 0 Å². The van der Waals surface area contributed by atoms with Crippen LogP contribution in [0.5, 0.6) is 0 Å². The van der Waals surface area contributed by atoms with Crippen molar-refractivity contribution in [2.24, 2.45) is 4.40 Å². The third kappa shape index (κ3) is 4.17. The lowest BCUT2D eigenvalue weighted by Crippen LogP contribution is -2.39. The Morgan fingerprint density at radius 2 is 1.85 bits per heavy atom. The lowest BCUT2D eigenvalue weighted by Gasteiger charge is -2.19. The Bertz CT molecular complexity index is 984. The summed E-state index contributed by atoms with van der Waals surface area (Å²) in [6.45, 7) is 1.94. The maximum Gasteiger partial charge on any atom is 0.285 e. The summed E-state index contributed by atoms with van der Waals surface area (Å²) < 4.78 is 28.0. The molecule has 27 heavy (non-hydrogen) atoms. The lowest BCUT2D eigenvalue weighted by atomic mass is 10.1. The average Bonchev–Trinajstić information content (AvgIpc) is 2.92. The molecule has 0 bridgehead atoms. The van der Waals surface area contributed by atoms with Crippen LogP contribution in [0, 0.1) is 6.92 Å². The van der Waals surface area contributed by atoms with Gasteiger partial charge in [0.25, 0.3) is 10.0 Å². The van der Waals surface area contributed by atoms with Gasteiger partial charge in [-0.1, -0.05) is 42.0 Å². The van der Waals surface area contributed by atoms with E-state index in [4.69, 9.17) is 0 Å². The van der Waals surface area contributed by atoms with E-state index in [1.807, 2.05) is 31.2 Å². The first-order chi connectivity index (χ1) is 12.8. The molecule has 0 fully saturated rings. The first kappa shape index (κ1) is 19.1. The van der Waals surface area contributed by atoms with E-state index in [1.54, 1.807) is 25.2 Å². The van der Waals surface area contributed by atoms with Gasteiger partial charge in [-0.25, -0.2) is 0 Å². The minimum atomic E-state index is -3.73. The van der Waals surface area contributed by atoms with Gasteiger partial charge in [0.2, 0.25) is 5.91 Å². The number of hydrogen-bond donors (Lipinski definition) is 2. The van der Waals surface area contributed by atoms with Crippen LogP contribution in [-0.4, -0.2) is 50.3 Å². The fourth-order valence-corrected chi connectivity index (χ4v) is 4.08. The molecule has 1 heterocycles. The Morgan fingerprint density at radius 3 is 2.56 bits per heavy atom. The van der Waals surface area contributed by atoms with Crippen LogP contribution in [0.2, 0.25) is 0 Å². The highest BCUT2D eigenvalue weighted by Crippen LogP contribution is 2.26. The Balaban J connectivity index is 1.61. The summed E-state index contributed by atoms with van der Waals surface area (Å²) in [5.41, 5.74) is 2.28. The van der Waals surface area contributed by atoms with E-state index < -0.39 is 16.1 Å². The van der Waals surface area contributed by atoms with E-state index in [0.717, 1.165) is 11.1 Å². The van der Waals surface area contributed by atoms with Crippen LogP contribution >= 0.6 is 0 Å². The van der Waals surface area contributed by atoms with Crippen LogP contribution in [0.15, 0.2) is 57.8 Å². The number of amides is 1. The predicted octanol–water partition coefficient (Wildman–Crippen LogP) is 1.23. The highest BCUT2D eigenvalue weighted by Gasteiger charge is 2.30. The van der Waals surface area contributed by atoms with Crippen LogP contribution in [0.25, 0.3) is 0 Å². The highest BCUT2D eigenvalue weighted by atomic mass is 32.2. The van der Waals surface area contributed by atoms with Crippen molar-refractivity contribution < 1.29 is 18.3 Å². The van der Waals surface area contributed by atoms with Crippen molar-refractivity contribution in [3.05, 3.63) is 65.2 Å². The molecule has 0 radical (unpaired) electrons. The molecular weight excluding hydrogens is 366 g/mol. The van der Waals surface area contributed by atoms with Gasteiger partial charge in [0.15, 0.2) is 5.84 Å². The number of aryl methyl sites for hydroxylation is 1. The fraction of sp³-hybridized carbons (Fsp3) is 0.263. The smallest absolute Gasteiger partial charge is 0.285 e. The second kappa shape index (κ2) is 7.50. The van der Waals surface area contributed by atoms with Gasteiger partial charge in [-0.05, 0) is 24.6 Å². The topological polar surface area (TPSA) is 99.1 Å². The number of benzene rings is 2. The summed E-state index contributed by atoms with van der Waals surface area (Å²) in [5, 5.41) is 12.8. The molecular formula is C19H21N3O4S. The molecule has 0 aromatic heterocycles. The number of aliphatic hydroxyl groups is 1. The third-order valence-corrected chi connectivity index (χ3v) is 5.63. The number of likely N-dealkylation sites (N-methyl/N-ethyl adjacent to an activating group) is 1. The molecule has 0 unspecified atom stereocenters. The molecule has 1 aliphatic heterocycles. The zero-order valence-corrected chi connectivity index (χ0v) is 15.9. The summed E-state index contributed by atoms with van der Waals surface area (Å²) in [6, 6.07) is 13.9. The quantitative estimate of drug-likeness (QED) is 0.804. The third-order valence-electron chi connectivity index (χ3n) is 4.31. The number of hydrogen-bond acceptors (Lipinski definition) is 5. The van der Waals surface area contributed by atoms with Gasteiger partial charge in [0.1, 0.15) is 4.90 Å². The van der Waals surface area contributed by atoms with E-state index in [1.165, 1.54) is 11.0 Å². The molecule has 8 heteroatoms. The Labute approximate surface area is 158 Å². The van der Waals surface area contributed by atoms with Crippen molar-refractivity contribution in [3.8, 4) is 0 Å². The molecule has 142 valence electrons. The monoisotopic (exact) mass is 387 g/mol. The minimum Gasteiger partial charge on any atom is -0.387 e. The molecule has 2 N–H and O–H groups in total. The van der Waals surface area contributed by atoms with E-state index in [9.17, 15) is 18.3 Å². The molecule has 3 rings (SSSR count). The number of nitrogens with zero attached hydrogens (tertiary/aromatic N) is 2. The largest absolute Gasteiger partial charge is 0.387 e. The van der Waals surface area contributed by atoms with Crippen LogP contribution in [0.4, 0.5) is 0 Å². The summed E-state index contributed by atoms with van der Waals surface area (Å²) in [6.07, 6.45) is -0.815. The van der Waals surface area contributed by atoms with Crippen LogP contribution in [0.1, 0.15) is 22.8 Å². The summed E-state index contributed by atoms with van der Waals surface area (Å²) in [7, 11) is -2.12. The number of carbonyl (C=O) groups excluding carboxylic acids is 1.